The van der Waals surface area contributed by atoms with E-state index in [4.69, 9.17) is 0 Å². The van der Waals surface area contributed by atoms with Crippen LogP contribution in [0.1, 0.15) is 41.4 Å². The molecule has 0 bridgehead atoms. The second-order valence-electron chi connectivity index (χ2n) is 7.69. The number of piperidine rings is 1. The molecule has 7 heteroatoms. The Labute approximate surface area is 173 Å². The zero-order valence-electron chi connectivity index (χ0n) is 17.1. The molecule has 6 nitrogen and oxygen atoms in total. The molecule has 29 heavy (non-hydrogen) atoms. The van der Waals surface area contributed by atoms with Crippen molar-refractivity contribution in [2.75, 3.05) is 30.6 Å². The van der Waals surface area contributed by atoms with Gasteiger partial charge in [0.1, 0.15) is 0 Å². The number of pyridine rings is 1. The number of carbonyl (C=O) groups excluding carboxylic acids is 1. The normalized spacial score (nSPS) is 15.9. The zero-order valence-corrected chi connectivity index (χ0v) is 17.9. The third-order valence-corrected chi connectivity index (χ3v) is 6.02. The molecule has 1 aromatic carbocycles. The van der Waals surface area contributed by atoms with Crippen LogP contribution in [0.3, 0.4) is 0 Å². The number of aromatic nitrogens is 1. The SMILES string of the molecule is CCc1ccc(CCN2CCC(C(=O)c3ccc(NS(C)(=O)=O)cc3)CC2)nc1. The third kappa shape index (κ3) is 6.37. The summed E-state index contributed by atoms with van der Waals surface area (Å²) in [4.78, 5) is 19.7. The number of Topliss-reactive ketones (excluding diaryl/α,β-unsaturated/α-hetero) is 1. The lowest BCUT2D eigenvalue weighted by atomic mass is 9.89. The standard InChI is InChI=1S/C22H29N3O3S/c1-3-17-4-7-20(23-16-17)12-15-25-13-10-19(11-14-25)22(26)18-5-8-21(9-6-18)24-29(2,27)28/h4-9,16,19,24H,3,10-15H2,1-2H3. The molecule has 1 N–H and O–H groups in total. The van der Waals surface area contributed by atoms with Gasteiger partial charge in [0.05, 0.1) is 6.26 Å². The Kier molecular flexibility index (Phi) is 7.03. The highest BCUT2D eigenvalue weighted by atomic mass is 32.2. The lowest BCUT2D eigenvalue weighted by molar-refractivity contribution is 0.0841. The Hall–Kier alpha value is -2.25. The van der Waals surface area contributed by atoms with Crippen LogP contribution in [-0.2, 0) is 22.9 Å². The number of ketones is 1. The quantitative estimate of drug-likeness (QED) is 0.670. The van der Waals surface area contributed by atoms with Crippen LogP contribution in [0, 0.1) is 5.92 Å². The van der Waals surface area contributed by atoms with Crippen molar-refractivity contribution in [3.63, 3.8) is 0 Å². The molecule has 2 heterocycles. The van der Waals surface area contributed by atoms with E-state index in [2.05, 4.69) is 33.7 Å². The minimum absolute atomic E-state index is 0.0296. The van der Waals surface area contributed by atoms with Crippen molar-refractivity contribution in [1.82, 2.24) is 9.88 Å². The molecule has 1 aliphatic heterocycles. The van der Waals surface area contributed by atoms with Gasteiger partial charge in [0.25, 0.3) is 0 Å². The Balaban J connectivity index is 1.47. The number of anilines is 1. The first-order valence-corrected chi connectivity index (χ1v) is 12.0. The van der Waals surface area contributed by atoms with E-state index in [0.29, 0.717) is 11.3 Å². The summed E-state index contributed by atoms with van der Waals surface area (Å²) in [6, 6.07) is 10.9. The Morgan fingerprint density at radius 3 is 2.38 bits per heavy atom. The largest absolute Gasteiger partial charge is 0.303 e. The molecule has 2 aromatic rings. The minimum atomic E-state index is -3.31. The second-order valence-corrected chi connectivity index (χ2v) is 9.44. The number of hydrogen-bond acceptors (Lipinski definition) is 5. The maximum absolute atomic E-state index is 12.8. The van der Waals surface area contributed by atoms with E-state index in [0.717, 1.165) is 57.3 Å². The van der Waals surface area contributed by atoms with Crippen LogP contribution in [0.25, 0.3) is 0 Å². The van der Waals surface area contributed by atoms with Gasteiger partial charge in [-0.25, -0.2) is 8.42 Å². The topological polar surface area (TPSA) is 79.4 Å². The molecule has 0 atom stereocenters. The third-order valence-electron chi connectivity index (χ3n) is 5.41. The fourth-order valence-electron chi connectivity index (χ4n) is 3.66. The van der Waals surface area contributed by atoms with Gasteiger partial charge in [0, 0.05) is 42.0 Å². The van der Waals surface area contributed by atoms with Gasteiger partial charge in [-0.2, -0.15) is 0 Å². The molecular formula is C22H29N3O3S. The molecule has 0 unspecified atom stereocenters. The average Bonchev–Trinajstić information content (AvgIpc) is 2.72. The van der Waals surface area contributed by atoms with Crippen LogP contribution in [-0.4, -0.2) is 50.0 Å². The Morgan fingerprint density at radius 2 is 1.83 bits per heavy atom. The predicted octanol–water partition coefficient (Wildman–Crippen LogP) is 3.15. The summed E-state index contributed by atoms with van der Waals surface area (Å²) in [6.45, 7) is 4.92. The number of nitrogens with one attached hydrogen (secondary N) is 1. The smallest absolute Gasteiger partial charge is 0.229 e. The van der Waals surface area contributed by atoms with Crippen molar-refractivity contribution < 1.29 is 13.2 Å². The highest BCUT2D eigenvalue weighted by molar-refractivity contribution is 7.92. The zero-order chi connectivity index (χ0) is 20.9. The summed E-state index contributed by atoms with van der Waals surface area (Å²) in [5.41, 5.74) is 3.48. The van der Waals surface area contributed by atoms with E-state index >= 15 is 0 Å². The molecule has 156 valence electrons. The maximum atomic E-state index is 12.8. The second kappa shape index (κ2) is 9.50. The number of sulfonamides is 1. The fourth-order valence-corrected chi connectivity index (χ4v) is 4.22. The van der Waals surface area contributed by atoms with Crippen molar-refractivity contribution in [3.05, 3.63) is 59.4 Å². The number of hydrogen-bond donors (Lipinski definition) is 1. The first-order valence-electron chi connectivity index (χ1n) is 10.1. The monoisotopic (exact) mass is 415 g/mol. The maximum Gasteiger partial charge on any atom is 0.229 e. The summed E-state index contributed by atoms with van der Waals surface area (Å²) in [5.74, 6) is 0.175. The van der Waals surface area contributed by atoms with Crippen LogP contribution in [0.15, 0.2) is 42.6 Å². The van der Waals surface area contributed by atoms with Crippen LogP contribution < -0.4 is 4.72 Å². The average molecular weight is 416 g/mol. The number of nitrogens with zero attached hydrogens (tertiary/aromatic N) is 2. The van der Waals surface area contributed by atoms with Gasteiger partial charge in [-0.05, 0) is 68.2 Å². The summed E-state index contributed by atoms with van der Waals surface area (Å²) in [6.07, 6.45) is 6.70. The summed E-state index contributed by atoms with van der Waals surface area (Å²) < 4.78 is 25.0. The van der Waals surface area contributed by atoms with Gasteiger partial charge < -0.3 is 4.90 Å². The molecule has 0 spiro atoms. The highest BCUT2D eigenvalue weighted by Crippen LogP contribution is 2.23. The van der Waals surface area contributed by atoms with E-state index in [1.165, 1.54) is 5.56 Å². The van der Waals surface area contributed by atoms with Crippen molar-refractivity contribution in [3.8, 4) is 0 Å². The Bertz CT molecular complexity index is 917. The lowest BCUT2D eigenvalue weighted by Gasteiger charge is -2.31. The molecule has 1 aliphatic rings. The molecule has 1 saturated heterocycles. The first kappa shape index (κ1) is 21.5. The Morgan fingerprint density at radius 1 is 1.14 bits per heavy atom. The van der Waals surface area contributed by atoms with E-state index in [1.807, 2.05) is 6.20 Å². The van der Waals surface area contributed by atoms with Crippen molar-refractivity contribution >= 4 is 21.5 Å². The number of benzene rings is 1. The van der Waals surface area contributed by atoms with Crippen LogP contribution in [0.5, 0.6) is 0 Å². The van der Waals surface area contributed by atoms with Crippen molar-refractivity contribution in [1.29, 1.82) is 0 Å². The van der Waals surface area contributed by atoms with Gasteiger partial charge in [-0.1, -0.05) is 13.0 Å². The molecule has 0 saturated carbocycles. The highest BCUT2D eigenvalue weighted by Gasteiger charge is 2.25. The molecule has 0 aliphatic carbocycles. The van der Waals surface area contributed by atoms with E-state index < -0.39 is 10.0 Å². The van der Waals surface area contributed by atoms with Gasteiger partial charge >= 0.3 is 0 Å². The van der Waals surface area contributed by atoms with E-state index in [9.17, 15) is 13.2 Å². The molecule has 0 radical (unpaired) electrons. The number of likely N-dealkylation sites (tertiary alicyclic amines) is 1. The summed E-state index contributed by atoms with van der Waals surface area (Å²) in [7, 11) is -3.31. The van der Waals surface area contributed by atoms with Crippen LogP contribution in [0.2, 0.25) is 0 Å². The number of carbonyl (C=O) groups is 1. The van der Waals surface area contributed by atoms with Crippen molar-refractivity contribution in [2.24, 2.45) is 5.92 Å². The lowest BCUT2D eigenvalue weighted by Crippen LogP contribution is -2.37. The minimum Gasteiger partial charge on any atom is -0.303 e. The molecular weight excluding hydrogens is 386 g/mol. The molecule has 1 aromatic heterocycles. The van der Waals surface area contributed by atoms with Crippen LogP contribution in [0.4, 0.5) is 5.69 Å². The van der Waals surface area contributed by atoms with Crippen molar-refractivity contribution in [2.45, 2.75) is 32.6 Å². The summed E-state index contributed by atoms with van der Waals surface area (Å²) in [5, 5.41) is 0. The van der Waals surface area contributed by atoms with Gasteiger partial charge in [-0.15, -0.1) is 0 Å². The summed E-state index contributed by atoms with van der Waals surface area (Å²) >= 11 is 0. The van der Waals surface area contributed by atoms with Crippen LogP contribution >= 0.6 is 0 Å². The van der Waals surface area contributed by atoms with Gasteiger partial charge in [0.2, 0.25) is 10.0 Å². The molecule has 3 rings (SSSR count). The molecule has 1 fully saturated rings. The first-order chi connectivity index (χ1) is 13.8. The fraction of sp³-hybridized carbons (Fsp3) is 0.455. The van der Waals surface area contributed by atoms with Gasteiger partial charge in [-0.3, -0.25) is 14.5 Å². The number of rotatable bonds is 8. The predicted molar refractivity (Wildman–Crippen MR) is 116 cm³/mol. The van der Waals surface area contributed by atoms with E-state index in [-0.39, 0.29) is 11.7 Å². The van der Waals surface area contributed by atoms with E-state index in [1.54, 1.807) is 24.3 Å². The van der Waals surface area contributed by atoms with Gasteiger partial charge in [0.15, 0.2) is 5.78 Å². The molecule has 0 amide bonds. The number of aryl methyl sites for hydroxylation is 1.